The maximum atomic E-state index is 14.1. The minimum absolute atomic E-state index is 0.0844. The summed E-state index contributed by atoms with van der Waals surface area (Å²) in [5.41, 5.74) is 3.99. The third-order valence-corrected chi connectivity index (χ3v) is 8.91. The molecule has 0 bridgehead atoms. The number of amides is 2. The van der Waals surface area contributed by atoms with E-state index in [0.29, 0.717) is 23.7 Å². The molecule has 40 heavy (non-hydrogen) atoms. The number of aryl methyl sites for hydroxylation is 3. The highest BCUT2D eigenvalue weighted by Gasteiger charge is 2.33. The van der Waals surface area contributed by atoms with Gasteiger partial charge in [0.25, 0.3) is 10.0 Å². The van der Waals surface area contributed by atoms with Crippen LogP contribution in [0.3, 0.4) is 0 Å². The molecule has 0 aliphatic rings. The Morgan fingerprint density at radius 1 is 0.900 bits per heavy atom. The van der Waals surface area contributed by atoms with E-state index in [2.05, 4.69) is 5.32 Å². The zero-order valence-electron chi connectivity index (χ0n) is 23.8. The number of hydrogen-bond donors (Lipinski definition) is 1. The Morgan fingerprint density at radius 3 is 2.12 bits per heavy atom. The SMILES string of the molecule is CCCNC(=O)C(CC)N(Cc1ccc(Cl)cc1)C(=O)CN(c1ccc(C)c(C)c1)S(=O)(=O)c1ccc(C)cc1. The Bertz CT molecular complexity index is 1420. The topological polar surface area (TPSA) is 86.8 Å². The fraction of sp³-hybridized carbons (Fsp3) is 0.355. The molecule has 0 radical (unpaired) electrons. The Morgan fingerprint density at radius 2 is 1.55 bits per heavy atom. The number of hydrogen-bond acceptors (Lipinski definition) is 4. The van der Waals surface area contributed by atoms with Crippen molar-refractivity contribution in [3.63, 3.8) is 0 Å². The number of carbonyl (C=O) groups is 2. The van der Waals surface area contributed by atoms with Gasteiger partial charge in [0, 0.05) is 18.1 Å². The molecule has 9 heteroatoms. The summed E-state index contributed by atoms with van der Waals surface area (Å²) < 4.78 is 29.1. The lowest BCUT2D eigenvalue weighted by Crippen LogP contribution is -2.52. The van der Waals surface area contributed by atoms with Crippen molar-refractivity contribution in [1.29, 1.82) is 0 Å². The van der Waals surface area contributed by atoms with Gasteiger partial charge in [0.2, 0.25) is 11.8 Å². The summed E-state index contributed by atoms with van der Waals surface area (Å²) in [6.45, 7) is 9.65. The van der Waals surface area contributed by atoms with Gasteiger partial charge >= 0.3 is 0 Å². The van der Waals surface area contributed by atoms with E-state index in [9.17, 15) is 18.0 Å². The average molecular weight is 584 g/mol. The summed E-state index contributed by atoms with van der Waals surface area (Å²) in [6, 6.07) is 18.1. The van der Waals surface area contributed by atoms with Crippen LogP contribution in [-0.4, -0.2) is 44.3 Å². The molecule has 1 unspecified atom stereocenters. The summed E-state index contributed by atoms with van der Waals surface area (Å²) in [6.07, 6.45) is 1.12. The highest BCUT2D eigenvalue weighted by atomic mass is 35.5. The number of carbonyl (C=O) groups excluding carboxylic acids is 2. The van der Waals surface area contributed by atoms with Gasteiger partial charge in [-0.3, -0.25) is 13.9 Å². The first-order chi connectivity index (χ1) is 19.0. The van der Waals surface area contributed by atoms with E-state index < -0.39 is 28.5 Å². The van der Waals surface area contributed by atoms with E-state index in [1.54, 1.807) is 60.7 Å². The predicted octanol–water partition coefficient (Wildman–Crippen LogP) is 5.79. The van der Waals surface area contributed by atoms with Crippen molar-refractivity contribution in [1.82, 2.24) is 10.2 Å². The smallest absolute Gasteiger partial charge is 0.264 e. The van der Waals surface area contributed by atoms with Crippen LogP contribution in [0.5, 0.6) is 0 Å². The molecule has 1 N–H and O–H groups in total. The van der Waals surface area contributed by atoms with E-state index in [0.717, 1.165) is 33.0 Å². The molecule has 2 amide bonds. The van der Waals surface area contributed by atoms with Gasteiger partial charge in [-0.25, -0.2) is 8.42 Å². The minimum atomic E-state index is -4.11. The Labute approximate surface area is 243 Å². The molecule has 0 saturated carbocycles. The molecule has 0 saturated heterocycles. The van der Waals surface area contributed by atoms with Gasteiger partial charge in [-0.1, -0.05) is 61.3 Å². The van der Waals surface area contributed by atoms with Crippen molar-refractivity contribution in [3.8, 4) is 0 Å². The number of halogens is 1. The van der Waals surface area contributed by atoms with Gasteiger partial charge in [0.05, 0.1) is 10.6 Å². The first-order valence-corrected chi connectivity index (χ1v) is 15.3. The fourth-order valence-electron chi connectivity index (χ4n) is 4.32. The number of sulfonamides is 1. The van der Waals surface area contributed by atoms with E-state index in [4.69, 9.17) is 11.6 Å². The summed E-state index contributed by atoms with van der Waals surface area (Å²) in [5.74, 6) is -0.756. The first kappa shape index (κ1) is 31.2. The summed E-state index contributed by atoms with van der Waals surface area (Å²) in [5, 5.41) is 3.44. The lowest BCUT2D eigenvalue weighted by atomic mass is 10.1. The van der Waals surface area contributed by atoms with E-state index >= 15 is 0 Å². The molecule has 0 spiro atoms. The zero-order chi connectivity index (χ0) is 29.4. The van der Waals surface area contributed by atoms with Gasteiger partial charge < -0.3 is 10.2 Å². The predicted molar refractivity (Wildman–Crippen MR) is 161 cm³/mol. The van der Waals surface area contributed by atoms with Crippen LogP contribution in [-0.2, 0) is 26.2 Å². The van der Waals surface area contributed by atoms with Crippen LogP contribution in [0.2, 0.25) is 5.02 Å². The van der Waals surface area contributed by atoms with E-state index in [1.807, 2.05) is 40.7 Å². The number of nitrogens with one attached hydrogen (secondary N) is 1. The van der Waals surface area contributed by atoms with Crippen molar-refractivity contribution in [3.05, 3.63) is 94.0 Å². The lowest BCUT2D eigenvalue weighted by molar-refractivity contribution is -0.140. The number of benzene rings is 3. The first-order valence-electron chi connectivity index (χ1n) is 13.5. The molecular weight excluding hydrogens is 546 g/mol. The molecule has 7 nitrogen and oxygen atoms in total. The lowest BCUT2D eigenvalue weighted by Gasteiger charge is -2.33. The molecule has 0 aliphatic carbocycles. The average Bonchev–Trinajstić information content (AvgIpc) is 2.93. The molecule has 0 heterocycles. The highest BCUT2D eigenvalue weighted by Crippen LogP contribution is 2.27. The monoisotopic (exact) mass is 583 g/mol. The third-order valence-electron chi connectivity index (χ3n) is 6.87. The maximum absolute atomic E-state index is 14.1. The van der Waals surface area contributed by atoms with Crippen LogP contribution in [0.1, 0.15) is 48.9 Å². The van der Waals surface area contributed by atoms with Crippen molar-refractivity contribution < 1.29 is 18.0 Å². The van der Waals surface area contributed by atoms with Crippen molar-refractivity contribution >= 4 is 39.1 Å². The van der Waals surface area contributed by atoms with Gasteiger partial charge in [0.15, 0.2) is 0 Å². The fourth-order valence-corrected chi connectivity index (χ4v) is 5.85. The second-order valence-corrected chi connectivity index (χ2v) is 12.3. The summed E-state index contributed by atoms with van der Waals surface area (Å²) in [4.78, 5) is 28.8. The van der Waals surface area contributed by atoms with Crippen LogP contribution in [0.25, 0.3) is 0 Å². The van der Waals surface area contributed by atoms with Crippen molar-refractivity contribution in [2.24, 2.45) is 0 Å². The van der Waals surface area contributed by atoms with Crippen LogP contribution < -0.4 is 9.62 Å². The van der Waals surface area contributed by atoms with Crippen molar-refractivity contribution in [2.45, 2.75) is 64.9 Å². The largest absolute Gasteiger partial charge is 0.354 e. The van der Waals surface area contributed by atoms with Crippen molar-refractivity contribution in [2.75, 3.05) is 17.4 Å². The van der Waals surface area contributed by atoms with Gasteiger partial charge in [-0.05, 0) is 86.7 Å². The van der Waals surface area contributed by atoms with Gasteiger partial charge in [0.1, 0.15) is 12.6 Å². The molecule has 214 valence electrons. The van der Waals surface area contributed by atoms with Crippen LogP contribution in [0.4, 0.5) is 5.69 Å². The highest BCUT2D eigenvalue weighted by molar-refractivity contribution is 7.92. The molecule has 3 rings (SSSR count). The molecule has 1 atom stereocenters. The Kier molecular flexibility index (Phi) is 10.8. The number of anilines is 1. The second kappa shape index (κ2) is 13.8. The molecule has 0 aromatic heterocycles. The molecule has 3 aromatic rings. The van der Waals surface area contributed by atoms with Crippen LogP contribution in [0, 0.1) is 20.8 Å². The normalized spacial score (nSPS) is 12.1. The van der Waals surface area contributed by atoms with Gasteiger partial charge in [-0.15, -0.1) is 0 Å². The van der Waals surface area contributed by atoms with E-state index in [1.165, 1.54) is 4.90 Å². The number of rotatable bonds is 12. The maximum Gasteiger partial charge on any atom is 0.264 e. The summed E-state index contributed by atoms with van der Waals surface area (Å²) in [7, 11) is -4.11. The molecular formula is C31H38ClN3O4S. The Balaban J connectivity index is 2.07. The standard InChI is InChI=1S/C31H38ClN3O4S/c1-6-18-33-31(37)29(7-2)34(20-25-11-13-26(32)14-12-25)30(36)21-35(27-15-10-23(4)24(5)19-27)40(38,39)28-16-8-22(3)9-17-28/h8-17,19,29H,6-7,18,20-21H2,1-5H3,(H,33,37). The second-order valence-electron chi connectivity index (χ2n) is 9.96. The molecule has 0 aliphatic heterocycles. The molecule has 0 fully saturated rings. The molecule has 3 aromatic carbocycles. The zero-order valence-corrected chi connectivity index (χ0v) is 25.3. The van der Waals surface area contributed by atoms with Crippen LogP contribution >= 0.6 is 11.6 Å². The number of nitrogens with zero attached hydrogens (tertiary/aromatic N) is 2. The Hall–Kier alpha value is -3.36. The van der Waals surface area contributed by atoms with Crippen LogP contribution in [0.15, 0.2) is 71.6 Å². The van der Waals surface area contributed by atoms with E-state index in [-0.39, 0.29) is 17.3 Å². The quantitative estimate of drug-likeness (QED) is 0.292. The summed E-state index contributed by atoms with van der Waals surface area (Å²) >= 11 is 6.07. The third kappa shape index (κ3) is 7.64. The van der Waals surface area contributed by atoms with Gasteiger partial charge in [-0.2, -0.15) is 0 Å². The minimum Gasteiger partial charge on any atom is -0.354 e.